The van der Waals surface area contributed by atoms with E-state index in [4.69, 9.17) is 17.3 Å². The van der Waals surface area contributed by atoms with Crippen LogP contribution in [0, 0.1) is 6.92 Å². The number of anilines is 2. The molecule has 0 radical (unpaired) electrons. The monoisotopic (exact) mass is 265 g/mol. The number of aromatic nitrogens is 3. The Balaban J connectivity index is 2.00. The van der Waals surface area contributed by atoms with Gasteiger partial charge < -0.3 is 11.1 Å². The average molecular weight is 266 g/mol. The summed E-state index contributed by atoms with van der Waals surface area (Å²) in [7, 11) is 0. The van der Waals surface area contributed by atoms with Crippen LogP contribution in [0.2, 0.25) is 5.02 Å². The highest BCUT2D eigenvalue weighted by Gasteiger charge is 2.06. The van der Waals surface area contributed by atoms with Gasteiger partial charge in [0.05, 0.1) is 0 Å². The van der Waals surface area contributed by atoms with E-state index < -0.39 is 0 Å². The van der Waals surface area contributed by atoms with Gasteiger partial charge in [-0.05, 0) is 24.6 Å². The number of benzene rings is 1. The summed E-state index contributed by atoms with van der Waals surface area (Å²) in [5, 5.41) is 7.14. The Hall–Kier alpha value is -2.08. The molecule has 3 N–H and O–H groups in total. The average Bonchev–Trinajstić information content (AvgIpc) is 2.69. The Kier molecular flexibility index (Phi) is 3.47. The summed E-state index contributed by atoms with van der Waals surface area (Å²) in [5.74, 6) is -0.0824. The number of aryl methyl sites for hydroxylation is 1. The topological polar surface area (TPSA) is 85.8 Å². The third kappa shape index (κ3) is 2.98. The quantitative estimate of drug-likeness (QED) is 0.880. The molecule has 1 amide bonds. The standard InChI is InChI=1S/C11H12ClN5O/c1-7-2-3-8(4-9(7)12)15-10(18)5-17-6-14-11(13)16-17/h2-4,6H,5H2,1H3,(H2,13,16)(H,15,18). The van der Waals surface area contributed by atoms with Crippen molar-refractivity contribution in [1.29, 1.82) is 0 Å². The van der Waals surface area contributed by atoms with Gasteiger partial charge in [0.15, 0.2) is 0 Å². The van der Waals surface area contributed by atoms with E-state index in [-0.39, 0.29) is 18.4 Å². The van der Waals surface area contributed by atoms with Gasteiger partial charge in [-0.15, -0.1) is 5.10 Å². The highest BCUT2D eigenvalue weighted by Crippen LogP contribution is 2.19. The normalized spacial score (nSPS) is 10.3. The molecule has 0 saturated carbocycles. The highest BCUT2D eigenvalue weighted by molar-refractivity contribution is 6.31. The molecule has 0 aliphatic heterocycles. The minimum absolute atomic E-state index is 0.0513. The summed E-state index contributed by atoms with van der Waals surface area (Å²) in [6.45, 7) is 1.95. The van der Waals surface area contributed by atoms with Crippen LogP contribution in [0.1, 0.15) is 5.56 Å². The summed E-state index contributed by atoms with van der Waals surface area (Å²) in [4.78, 5) is 15.4. The molecule has 0 spiro atoms. The number of hydrogen-bond acceptors (Lipinski definition) is 4. The predicted molar refractivity (Wildman–Crippen MR) is 69.3 cm³/mol. The Morgan fingerprint density at radius 2 is 2.33 bits per heavy atom. The van der Waals surface area contributed by atoms with Crippen LogP contribution in [0.15, 0.2) is 24.5 Å². The van der Waals surface area contributed by atoms with Crippen LogP contribution in [0.3, 0.4) is 0 Å². The number of carbonyl (C=O) groups excluding carboxylic acids is 1. The maximum absolute atomic E-state index is 11.7. The van der Waals surface area contributed by atoms with E-state index >= 15 is 0 Å². The number of nitrogens with two attached hydrogens (primary N) is 1. The molecule has 18 heavy (non-hydrogen) atoms. The number of nitrogen functional groups attached to an aromatic ring is 1. The van der Waals surface area contributed by atoms with Crippen molar-refractivity contribution in [3.8, 4) is 0 Å². The lowest BCUT2D eigenvalue weighted by molar-refractivity contribution is -0.116. The first-order valence-corrected chi connectivity index (χ1v) is 5.63. The van der Waals surface area contributed by atoms with Crippen molar-refractivity contribution in [1.82, 2.24) is 14.8 Å². The zero-order valence-electron chi connectivity index (χ0n) is 9.72. The van der Waals surface area contributed by atoms with Crippen LogP contribution in [0.4, 0.5) is 11.6 Å². The first-order valence-electron chi connectivity index (χ1n) is 5.25. The molecule has 0 aliphatic rings. The second-order valence-electron chi connectivity index (χ2n) is 3.81. The number of halogens is 1. The Bertz CT molecular complexity index is 581. The Morgan fingerprint density at radius 1 is 1.56 bits per heavy atom. The molecule has 0 saturated heterocycles. The maximum atomic E-state index is 11.7. The zero-order valence-corrected chi connectivity index (χ0v) is 10.5. The molecule has 1 aromatic heterocycles. The molecular weight excluding hydrogens is 254 g/mol. The number of amides is 1. The van der Waals surface area contributed by atoms with Crippen molar-refractivity contribution in [3.05, 3.63) is 35.1 Å². The number of carbonyl (C=O) groups is 1. The van der Waals surface area contributed by atoms with E-state index in [9.17, 15) is 4.79 Å². The Morgan fingerprint density at radius 3 is 2.94 bits per heavy atom. The molecule has 0 unspecified atom stereocenters. The van der Waals surface area contributed by atoms with E-state index in [0.717, 1.165) is 5.56 Å². The van der Waals surface area contributed by atoms with Crippen molar-refractivity contribution >= 4 is 29.1 Å². The first-order chi connectivity index (χ1) is 8.54. The molecular formula is C11H12ClN5O. The van der Waals surface area contributed by atoms with Crippen LogP contribution in [0.25, 0.3) is 0 Å². The number of hydrogen-bond donors (Lipinski definition) is 2. The third-order valence-corrected chi connectivity index (χ3v) is 2.72. The van der Waals surface area contributed by atoms with Crippen molar-refractivity contribution < 1.29 is 4.79 Å². The molecule has 0 aliphatic carbocycles. The van der Waals surface area contributed by atoms with Crippen molar-refractivity contribution in [2.24, 2.45) is 0 Å². The lowest BCUT2D eigenvalue weighted by Gasteiger charge is -2.06. The smallest absolute Gasteiger partial charge is 0.246 e. The highest BCUT2D eigenvalue weighted by atomic mass is 35.5. The third-order valence-electron chi connectivity index (χ3n) is 2.32. The van der Waals surface area contributed by atoms with Crippen LogP contribution in [0.5, 0.6) is 0 Å². The van der Waals surface area contributed by atoms with Gasteiger partial charge in [-0.3, -0.25) is 4.79 Å². The number of nitrogens with zero attached hydrogens (tertiary/aromatic N) is 3. The van der Waals surface area contributed by atoms with E-state index in [1.54, 1.807) is 12.1 Å². The van der Waals surface area contributed by atoms with Crippen LogP contribution < -0.4 is 11.1 Å². The van der Waals surface area contributed by atoms with E-state index in [2.05, 4.69) is 15.4 Å². The van der Waals surface area contributed by atoms with Crippen molar-refractivity contribution in [2.45, 2.75) is 13.5 Å². The summed E-state index contributed by atoms with van der Waals surface area (Å²) in [5.41, 5.74) is 6.95. The molecule has 2 rings (SSSR count). The van der Waals surface area contributed by atoms with Crippen molar-refractivity contribution in [2.75, 3.05) is 11.1 Å². The Labute approximate surface area is 109 Å². The first kappa shape index (κ1) is 12.4. The maximum Gasteiger partial charge on any atom is 0.246 e. The van der Waals surface area contributed by atoms with Gasteiger partial charge in [0.1, 0.15) is 12.9 Å². The molecule has 0 bridgehead atoms. The summed E-state index contributed by atoms with van der Waals surface area (Å²) in [6.07, 6.45) is 1.40. The summed E-state index contributed by atoms with van der Waals surface area (Å²) in [6, 6.07) is 5.32. The lowest BCUT2D eigenvalue weighted by atomic mass is 10.2. The summed E-state index contributed by atoms with van der Waals surface area (Å²) >= 11 is 5.97. The van der Waals surface area contributed by atoms with E-state index in [0.29, 0.717) is 10.7 Å². The number of rotatable bonds is 3. The fourth-order valence-corrected chi connectivity index (χ4v) is 1.58. The largest absolute Gasteiger partial charge is 0.367 e. The fraction of sp³-hybridized carbons (Fsp3) is 0.182. The van der Waals surface area contributed by atoms with Gasteiger partial charge in [0.2, 0.25) is 11.9 Å². The van der Waals surface area contributed by atoms with Crippen LogP contribution >= 0.6 is 11.6 Å². The van der Waals surface area contributed by atoms with Gasteiger partial charge >= 0.3 is 0 Å². The van der Waals surface area contributed by atoms with Crippen molar-refractivity contribution in [3.63, 3.8) is 0 Å². The lowest BCUT2D eigenvalue weighted by Crippen LogP contribution is -2.19. The summed E-state index contributed by atoms with van der Waals surface area (Å²) < 4.78 is 1.36. The van der Waals surface area contributed by atoms with Gasteiger partial charge in [-0.25, -0.2) is 9.67 Å². The molecule has 94 valence electrons. The van der Waals surface area contributed by atoms with Gasteiger partial charge in [0, 0.05) is 10.7 Å². The van der Waals surface area contributed by atoms with Crippen LogP contribution in [-0.4, -0.2) is 20.7 Å². The predicted octanol–water partition coefficient (Wildman–Crippen LogP) is 1.46. The fourth-order valence-electron chi connectivity index (χ4n) is 1.40. The molecule has 2 aromatic rings. The zero-order chi connectivity index (χ0) is 13.1. The molecule has 0 atom stereocenters. The molecule has 7 heteroatoms. The second-order valence-corrected chi connectivity index (χ2v) is 4.22. The molecule has 0 fully saturated rings. The SMILES string of the molecule is Cc1ccc(NC(=O)Cn2cnc(N)n2)cc1Cl. The van der Waals surface area contributed by atoms with Gasteiger partial charge in [0.25, 0.3) is 0 Å². The van der Waals surface area contributed by atoms with Gasteiger partial charge in [-0.1, -0.05) is 17.7 Å². The molecule has 1 heterocycles. The van der Waals surface area contributed by atoms with E-state index in [1.165, 1.54) is 11.0 Å². The molecule has 6 nitrogen and oxygen atoms in total. The van der Waals surface area contributed by atoms with Crippen LogP contribution in [-0.2, 0) is 11.3 Å². The second kappa shape index (κ2) is 5.05. The number of nitrogens with one attached hydrogen (secondary N) is 1. The minimum atomic E-state index is -0.222. The molecule has 1 aromatic carbocycles. The minimum Gasteiger partial charge on any atom is -0.367 e. The van der Waals surface area contributed by atoms with E-state index in [1.807, 2.05) is 13.0 Å². The van der Waals surface area contributed by atoms with Gasteiger partial charge in [-0.2, -0.15) is 0 Å².